The number of nitrogens with zero attached hydrogens (tertiary/aromatic N) is 4. The average Bonchev–Trinajstić information content (AvgIpc) is 2.98. The van der Waals surface area contributed by atoms with Crippen molar-refractivity contribution in [2.45, 2.75) is 33.0 Å². The molecule has 0 bridgehead atoms. The van der Waals surface area contributed by atoms with Crippen molar-refractivity contribution >= 4 is 11.6 Å². The van der Waals surface area contributed by atoms with E-state index in [1.54, 1.807) is 6.20 Å². The summed E-state index contributed by atoms with van der Waals surface area (Å²) < 4.78 is 7.94. The highest BCUT2D eigenvalue weighted by molar-refractivity contribution is 6.31. The number of pyridine rings is 1. The van der Waals surface area contributed by atoms with Crippen LogP contribution in [0.2, 0.25) is 5.02 Å². The van der Waals surface area contributed by atoms with Crippen LogP contribution < -0.4 is 0 Å². The molecule has 28 heavy (non-hydrogen) atoms. The molecule has 1 saturated heterocycles. The minimum Gasteiger partial charge on any atom is -0.378 e. The Labute approximate surface area is 170 Å². The molecule has 2 aromatic heterocycles. The van der Waals surface area contributed by atoms with Crippen LogP contribution in [0.5, 0.6) is 0 Å². The third kappa shape index (κ3) is 3.97. The highest BCUT2D eigenvalue weighted by atomic mass is 35.5. The van der Waals surface area contributed by atoms with E-state index in [0.29, 0.717) is 18.2 Å². The Morgan fingerprint density at radius 3 is 2.71 bits per heavy atom. The smallest absolute Gasteiger partial charge is 0.0730 e. The van der Waals surface area contributed by atoms with Crippen molar-refractivity contribution in [3.8, 4) is 0 Å². The van der Waals surface area contributed by atoms with E-state index in [9.17, 15) is 0 Å². The summed E-state index contributed by atoms with van der Waals surface area (Å²) in [7, 11) is 0. The predicted molar refractivity (Wildman–Crippen MR) is 110 cm³/mol. The molecule has 0 saturated carbocycles. The number of morpholine rings is 1. The molecule has 146 valence electrons. The van der Waals surface area contributed by atoms with Crippen molar-refractivity contribution in [1.29, 1.82) is 0 Å². The number of aryl methyl sites for hydroxylation is 1. The molecular weight excluding hydrogens is 372 g/mol. The molecule has 3 aromatic rings. The minimum absolute atomic E-state index is 0.149. The molecule has 0 amide bonds. The summed E-state index contributed by atoms with van der Waals surface area (Å²) in [6.07, 6.45) is 1.80. The maximum absolute atomic E-state index is 6.36. The van der Waals surface area contributed by atoms with Crippen molar-refractivity contribution < 1.29 is 4.74 Å². The molecule has 1 fully saturated rings. The van der Waals surface area contributed by atoms with Crippen LogP contribution in [0, 0.1) is 13.8 Å². The van der Waals surface area contributed by atoms with Gasteiger partial charge in [0, 0.05) is 30.5 Å². The number of benzene rings is 1. The van der Waals surface area contributed by atoms with E-state index in [-0.39, 0.29) is 6.04 Å². The van der Waals surface area contributed by atoms with E-state index in [1.165, 1.54) is 16.8 Å². The second kappa shape index (κ2) is 8.43. The Bertz CT molecular complexity index is 941. The Balaban J connectivity index is 1.61. The van der Waals surface area contributed by atoms with Crippen LogP contribution in [0.1, 0.15) is 34.3 Å². The first-order valence-electron chi connectivity index (χ1n) is 9.62. The van der Waals surface area contributed by atoms with Gasteiger partial charge in [0.1, 0.15) is 0 Å². The van der Waals surface area contributed by atoms with Crippen LogP contribution in [-0.4, -0.2) is 39.4 Å². The van der Waals surface area contributed by atoms with E-state index in [1.807, 2.05) is 18.2 Å². The Kier molecular flexibility index (Phi) is 5.76. The number of hydrogen-bond acceptors (Lipinski definition) is 4. The molecule has 1 aromatic carbocycles. The number of halogens is 1. The lowest BCUT2D eigenvalue weighted by atomic mass is 10.0. The summed E-state index contributed by atoms with van der Waals surface area (Å²) in [5, 5.41) is 5.54. The summed E-state index contributed by atoms with van der Waals surface area (Å²) >= 11 is 6.36. The van der Waals surface area contributed by atoms with Crippen molar-refractivity contribution in [2.75, 3.05) is 19.8 Å². The molecule has 0 spiro atoms. The molecule has 4 rings (SSSR count). The standard InChI is InChI=1S/C22H25ClN4O/c1-16-22(17(2)27(25-16)13-18-7-4-3-5-8-18)21-15-28-12-11-26(21)14-20-19(23)9-6-10-24-20/h3-10,21H,11-15H2,1-2H3. The van der Waals surface area contributed by atoms with Gasteiger partial charge >= 0.3 is 0 Å². The van der Waals surface area contributed by atoms with Crippen LogP contribution in [0.3, 0.4) is 0 Å². The molecule has 0 aliphatic carbocycles. The quantitative estimate of drug-likeness (QED) is 0.649. The summed E-state index contributed by atoms with van der Waals surface area (Å²) in [5.74, 6) is 0. The Morgan fingerprint density at radius 1 is 1.11 bits per heavy atom. The highest BCUT2D eigenvalue weighted by Crippen LogP contribution is 2.31. The van der Waals surface area contributed by atoms with Gasteiger partial charge in [0.2, 0.25) is 0 Å². The molecule has 1 aliphatic rings. The van der Waals surface area contributed by atoms with Crippen LogP contribution in [0.4, 0.5) is 0 Å². The second-order valence-electron chi connectivity index (χ2n) is 7.22. The van der Waals surface area contributed by atoms with Gasteiger partial charge in [0.15, 0.2) is 0 Å². The first-order valence-corrected chi connectivity index (χ1v) is 10.0. The summed E-state index contributed by atoms with van der Waals surface area (Å²) in [6, 6.07) is 14.3. The van der Waals surface area contributed by atoms with Crippen LogP contribution in [-0.2, 0) is 17.8 Å². The van der Waals surface area contributed by atoms with Crippen molar-refractivity contribution in [1.82, 2.24) is 19.7 Å². The first-order chi connectivity index (χ1) is 13.6. The molecule has 5 nitrogen and oxygen atoms in total. The lowest BCUT2D eigenvalue weighted by Crippen LogP contribution is -2.39. The molecule has 0 N–H and O–H groups in total. The summed E-state index contributed by atoms with van der Waals surface area (Å²) in [4.78, 5) is 6.88. The van der Waals surface area contributed by atoms with Crippen LogP contribution in [0.25, 0.3) is 0 Å². The SMILES string of the molecule is Cc1nn(Cc2ccccc2)c(C)c1C1COCCN1Cc1ncccc1Cl. The second-order valence-corrected chi connectivity index (χ2v) is 7.63. The molecule has 3 heterocycles. The van der Waals surface area contributed by atoms with Gasteiger partial charge in [-0.1, -0.05) is 41.9 Å². The maximum Gasteiger partial charge on any atom is 0.0730 e. The van der Waals surface area contributed by atoms with Gasteiger partial charge in [0.25, 0.3) is 0 Å². The maximum atomic E-state index is 6.36. The van der Waals surface area contributed by atoms with Crippen molar-refractivity contribution in [3.63, 3.8) is 0 Å². The number of aromatic nitrogens is 3. The van der Waals surface area contributed by atoms with Crippen LogP contribution in [0.15, 0.2) is 48.7 Å². The van der Waals surface area contributed by atoms with Crippen molar-refractivity contribution in [3.05, 3.63) is 81.9 Å². The third-order valence-corrected chi connectivity index (χ3v) is 5.72. The Morgan fingerprint density at radius 2 is 1.93 bits per heavy atom. The first kappa shape index (κ1) is 19.1. The minimum atomic E-state index is 0.149. The number of hydrogen-bond donors (Lipinski definition) is 0. The summed E-state index contributed by atoms with van der Waals surface area (Å²) in [6.45, 7) is 7.94. The zero-order chi connectivity index (χ0) is 19.5. The molecule has 1 atom stereocenters. The lowest BCUT2D eigenvalue weighted by Gasteiger charge is -2.36. The van der Waals surface area contributed by atoms with Gasteiger partial charge in [-0.05, 0) is 31.5 Å². The topological polar surface area (TPSA) is 43.2 Å². The third-order valence-electron chi connectivity index (χ3n) is 5.37. The van der Waals surface area contributed by atoms with E-state index >= 15 is 0 Å². The number of rotatable bonds is 5. The molecule has 1 unspecified atom stereocenters. The van der Waals surface area contributed by atoms with Crippen LogP contribution >= 0.6 is 11.6 Å². The fourth-order valence-corrected chi connectivity index (χ4v) is 4.10. The zero-order valence-corrected chi connectivity index (χ0v) is 17.1. The van der Waals surface area contributed by atoms with Crippen molar-refractivity contribution in [2.24, 2.45) is 0 Å². The molecular formula is C22H25ClN4O. The zero-order valence-electron chi connectivity index (χ0n) is 16.3. The fraction of sp³-hybridized carbons (Fsp3) is 0.364. The number of ether oxygens (including phenoxy) is 1. The fourth-order valence-electron chi connectivity index (χ4n) is 3.92. The van der Waals surface area contributed by atoms with E-state index in [2.05, 4.69) is 52.7 Å². The van der Waals surface area contributed by atoms with E-state index in [4.69, 9.17) is 21.4 Å². The summed E-state index contributed by atoms with van der Waals surface area (Å²) in [5.41, 5.74) is 5.65. The Hall–Kier alpha value is -2.21. The van der Waals surface area contributed by atoms with Gasteiger partial charge in [-0.25, -0.2) is 0 Å². The van der Waals surface area contributed by atoms with Gasteiger partial charge in [-0.2, -0.15) is 5.10 Å². The van der Waals surface area contributed by atoms with Gasteiger partial charge in [0.05, 0.1) is 42.2 Å². The largest absolute Gasteiger partial charge is 0.378 e. The lowest BCUT2D eigenvalue weighted by molar-refractivity contribution is -0.0137. The van der Waals surface area contributed by atoms with E-state index < -0.39 is 0 Å². The molecule has 0 radical (unpaired) electrons. The van der Waals surface area contributed by atoms with Gasteiger partial charge in [-0.3, -0.25) is 14.6 Å². The van der Waals surface area contributed by atoms with E-state index in [0.717, 1.165) is 31.1 Å². The normalized spacial score (nSPS) is 17.8. The van der Waals surface area contributed by atoms with Gasteiger partial charge in [-0.15, -0.1) is 0 Å². The molecule has 1 aliphatic heterocycles. The average molecular weight is 397 g/mol. The highest BCUT2D eigenvalue weighted by Gasteiger charge is 2.30. The van der Waals surface area contributed by atoms with Gasteiger partial charge < -0.3 is 4.74 Å². The monoisotopic (exact) mass is 396 g/mol. The molecule has 6 heteroatoms. The predicted octanol–water partition coefficient (Wildman–Crippen LogP) is 4.17.